The summed E-state index contributed by atoms with van der Waals surface area (Å²) in [6.45, 7) is 4.90. The molecular weight excluding hydrogens is 324 g/mol. The Morgan fingerprint density at radius 1 is 1.20 bits per heavy atom. The molecule has 136 valence electrons. The summed E-state index contributed by atoms with van der Waals surface area (Å²) in [7, 11) is 0. The van der Waals surface area contributed by atoms with Crippen LogP contribution in [0.15, 0.2) is 24.3 Å². The largest absolute Gasteiger partial charge is 0.493 e. The number of rotatable bonds is 7. The number of carbonyl (C=O) groups is 3. The van der Waals surface area contributed by atoms with Crippen molar-refractivity contribution in [1.82, 2.24) is 10.2 Å². The van der Waals surface area contributed by atoms with Gasteiger partial charge >= 0.3 is 5.97 Å². The smallest absolute Gasteiger partial charge is 0.326 e. The summed E-state index contributed by atoms with van der Waals surface area (Å²) in [5.74, 6) is -0.825. The van der Waals surface area contributed by atoms with Gasteiger partial charge in [-0.1, -0.05) is 12.1 Å². The van der Waals surface area contributed by atoms with Gasteiger partial charge < -0.3 is 19.7 Å². The number of esters is 1. The van der Waals surface area contributed by atoms with Gasteiger partial charge in [-0.05, 0) is 38.8 Å². The van der Waals surface area contributed by atoms with Gasteiger partial charge in [-0.3, -0.25) is 14.4 Å². The summed E-state index contributed by atoms with van der Waals surface area (Å²) < 4.78 is 10.5. The number of amides is 2. The topological polar surface area (TPSA) is 84.9 Å². The molecule has 7 nitrogen and oxygen atoms in total. The highest BCUT2D eigenvalue weighted by Crippen LogP contribution is 2.17. The van der Waals surface area contributed by atoms with Gasteiger partial charge in [0.05, 0.1) is 12.2 Å². The van der Waals surface area contributed by atoms with Crippen molar-refractivity contribution in [2.24, 2.45) is 0 Å². The summed E-state index contributed by atoms with van der Waals surface area (Å²) in [5.41, 5.74) is 0.346. The van der Waals surface area contributed by atoms with E-state index in [9.17, 15) is 14.4 Å². The van der Waals surface area contributed by atoms with E-state index < -0.39 is 18.0 Å². The van der Waals surface area contributed by atoms with Gasteiger partial charge in [0, 0.05) is 13.1 Å². The number of ether oxygens (including phenoxy) is 2. The monoisotopic (exact) mass is 348 g/mol. The number of benzene rings is 1. The van der Waals surface area contributed by atoms with Crippen LogP contribution in [-0.2, 0) is 14.3 Å². The van der Waals surface area contributed by atoms with Crippen LogP contribution < -0.4 is 10.1 Å². The van der Waals surface area contributed by atoms with Crippen molar-refractivity contribution >= 4 is 17.8 Å². The van der Waals surface area contributed by atoms with Crippen molar-refractivity contribution < 1.29 is 23.9 Å². The van der Waals surface area contributed by atoms with E-state index in [0.717, 1.165) is 12.8 Å². The molecule has 1 heterocycles. The molecule has 0 aliphatic carbocycles. The Morgan fingerprint density at radius 3 is 2.56 bits per heavy atom. The highest BCUT2D eigenvalue weighted by atomic mass is 16.5. The molecule has 1 saturated heterocycles. The Hall–Kier alpha value is -2.57. The average Bonchev–Trinajstić information content (AvgIpc) is 3.14. The summed E-state index contributed by atoms with van der Waals surface area (Å²) in [5, 5.41) is 2.49. The third kappa shape index (κ3) is 5.20. The van der Waals surface area contributed by atoms with Crippen LogP contribution in [0.3, 0.4) is 0 Å². The van der Waals surface area contributed by atoms with Gasteiger partial charge in [0.25, 0.3) is 11.8 Å². The highest BCUT2D eigenvalue weighted by Gasteiger charge is 2.26. The molecule has 1 aromatic rings. The maximum absolute atomic E-state index is 12.2. The first-order chi connectivity index (χ1) is 12.0. The molecule has 7 heteroatoms. The molecule has 0 saturated carbocycles. The van der Waals surface area contributed by atoms with E-state index >= 15 is 0 Å². The van der Waals surface area contributed by atoms with Crippen LogP contribution in [0.25, 0.3) is 0 Å². The van der Waals surface area contributed by atoms with Crippen LogP contribution in [0.5, 0.6) is 5.75 Å². The molecular formula is C18H24N2O5. The summed E-state index contributed by atoms with van der Waals surface area (Å²) in [4.78, 5) is 37.9. The van der Waals surface area contributed by atoms with Crippen LogP contribution >= 0.6 is 0 Å². The molecule has 0 aromatic heterocycles. The lowest BCUT2D eigenvalue weighted by molar-refractivity contribution is -0.157. The zero-order valence-electron chi connectivity index (χ0n) is 14.6. The van der Waals surface area contributed by atoms with Crippen LogP contribution in [0.4, 0.5) is 0 Å². The second-order valence-electron chi connectivity index (χ2n) is 5.78. The molecule has 0 radical (unpaired) electrons. The first-order valence-electron chi connectivity index (χ1n) is 8.51. The molecule has 0 spiro atoms. The second kappa shape index (κ2) is 9.05. The normalized spacial score (nSPS) is 14.7. The Kier molecular flexibility index (Phi) is 6.80. The molecule has 1 aliphatic rings. The average molecular weight is 348 g/mol. The van der Waals surface area contributed by atoms with Crippen LogP contribution in [0.1, 0.15) is 37.0 Å². The fourth-order valence-electron chi connectivity index (χ4n) is 2.67. The number of carbonyl (C=O) groups excluding carboxylic acids is 3. The minimum Gasteiger partial charge on any atom is -0.493 e. The number of hydrogen-bond donors (Lipinski definition) is 1. The number of para-hydroxylation sites is 1. The van der Waals surface area contributed by atoms with Gasteiger partial charge in [-0.25, -0.2) is 0 Å². The van der Waals surface area contributed by atoms with Gasteiger partial charge in [-0.15, -0.1) is 0 Å². The lowest BCUT2D eigenvalue weighted by Gasteiger charge is -2.20. The van der Waals surface area contributed by atoms with E-state index in [1.807, 2.05) is 6.92 Å². The number of nitrogens with zero attached hydrogens (tertiary/aromatic N) is 1. The second-order valence-corrected chi connectivity index (χ2v) is 5.78. The van der Waals surface area contributed by atoms with Crippen molar-refractivity contribution in [2.75, 3.05) is 26.2 Å². The quantitative estimate of drug-likeness (QED) is 0.752. The minimum atomic E-state index is -0.849. The molecule has 2 amide bonds. The van der Waals surface area contributed by atoms with Crippen molar-refractivity contribution in [3.8, 4) is 5.75 Å². The Morgan fingerprint density at radius 2 is 1.88 bits per heavy atom. The summed E-state index contributed by atoms with van der Waals surface area (Å²) in [6, 6.07) is 6.78. The van der Waals surface area contributed by atoms with E-state index in [2.05, 4.69) is 5.32 Å². The maximum atomic E-state index is 12.2. The molecule has 2 rings (SSSR count). The molecule has 1 aromatic carbocycles. The van der Waals surface area contributed by atoms with Crippen molar-refractivity contribution in [3.05, 3.63) is 29.8 Å². The third-order valence-corrected chi connectivity index (χ3v) is 3.90. The molecule has 0 bridgehead atoms. The van der Waals surface area contributed by atoms with E-state index in [0.29, 0.717) is 31.0 Å². The van der Waals surface area contributed by atoms with Crippen LogP contribution in [0, 0.1) is 0 Å². The standard InChI is InChI=1S/C18H24N2O5/c1-3-24-15-9-5-4-8-14(15)17(22)19-12-16(21)25-13(2)18(23)20-10-6-7-11-20/h4-5,8-9,13H,3,6-7,10-12H2,1-2H3,(H,19,22)/t13-/m1/s1. The fraction of sp³-hybridized carbons (Fsp3) is 0.500. The Balaban J connectivity index is 1.83. The zero-order valence-corrected chi connectivity index (χ0v) is 14.6. The van der Waals surface area contributed by atoms with E-state index in [4.69, 9.17) is 9.47 Å². The Labute approximate surface area is 147 Å². The molecule has 0 unspecified atom stereocenters. The lowest BCUT2D eigenvalue weighted by atomic mass is 10.2. The number of likely N-dealkylation sites (tertiary alicyclic amines) is 1. The molecule has 25 heavy (non-hydrogen) atoms. The molecule has 1 fully saturated rings. The van der Waals surface area contributed by atoms with Gasteiger partial charge in [0.2, 0.25) is 0 Å². The SMILES string of the molecule is CCOc1ccccc1C(=O)NCC(=O)O[C@H](C)C(=O)N1CCCC1. The van der Waals surface area contributed by atoms with Crippen molar-refractivity contribution in [3.63, 3.8) is 0 Å². The third-order valence-electron chi connectivity index (χ3n) is 3.90. The predicted octanol–water partition coefficient (Wildman–Crippen LogP) is 1.37. The number of nitrogens with one attached hydrogen (secondary N) is 1. The van der Waals surface area contributed by atoms with Gasteiger partial charge in [-0.2, -0.15) is 0 Å². The first kappa shape index (κ1) is 18.8. The highest BCUT2D eigenvalue weighted by molar-refractivity contribution is 5.98. The van der Waals surface area contributed by atoms with Gasteiger partial charge in [0.15, 0.2) is 6.10 Å². The minimum absolute atomic E-state index is 0.195. The predicted molar refractivity (Wildman–Crippen MR) is 91.3 cm³/mol. The van der Waals surface area contributed by atoms with Crippen molar-refractivity contribution in [1.29, 1.82) is 0 Å². The van der Waals surface area contributed by atoms with Crippen molar-refractivity contribution in [2.45, 2.75) is 32.8 Å². The maximum Gasteiger partial charge on any atom is 0.326 e. The molecule has 1 aliphatic heterocycles. The van der Waals surface area contributed by atoms with Crippen LogP contribution in [-0.4, -0.2) is 55.0 Å². The van der Waals surface area contributed by atoms with E-state index in [1.165, 1.54) is 0 Å². The Bertz CT molecular complexity index is 626. The van der Waals surface area contributed by atoms with E-state index in [1.54, 1.807) is 36.1 Å². The van der Waals surface area contributed by atoms with Gasteiger partial charge in [0.1, 0.15) is 12.3 Å². The fourth-order valence-corrected chi connectivity index (χ4v) is 2.67. The van der Waals surface area contributed by atoms with Crippen LogP contribution in [0.2, 0.25) is 0 Å². The molecule has 1 atom stereocenters. The molecule has 1 N–H and O–H groups in total. The summed E-state index contributed by atoms with van der Waals surface area (Å²) >= 11 is 0. The zero-order chi connectivity index (χ0) is 18.2. The first-order valence-corrected chi connectivity index (χ1v) is 8.51. The lowest BCUT2D eigenvalue weighted by Crippen LogP contribution is -2.40. The number of hydrogen-bond acceptors (Lipinski definition) is 5. The van der Waals surface area contributed by atoms with E-state index in [-0.39, 0.29) is 12.5 Å². The summed E-state index contributed by atoms with van der Waals surface area (Å²) in [6.07, 6.45) is 1.10.